The van der Waals surface area contributed by atoms with Crippen molar-refractivity contribution < 1.29 is 9.59 Å². The number of likely N-dealkylation sites (N-methyl/N-ethyl adjacent to an activating group) is 1. The van der Waals surface area contributed by atoms with E-state index >= 15 is 0 Å². The van der Waals surface area contributed by atoms with Crippen molar-refractivity contribution in [3.05, 3.63) is 102 Å². The molecule has 0 aliphatic rings. The third-order valence-corrected chi connectivity index (χ3v) is 5.04. The van der Waals surface area contributed by atoms with Gasteiger partial charge in [-0.1, -0.05) is 67.6 Å². The first-order valence-electron chi connectivity index (χ1n) is 10.3. The largest absolute Gasteiger partial charge is 0.345 e. The molecule has 0 atom stereocenters. The maximum Gasteiger partial charge on any atom is 0.258 e. The minimum absolute atomic E-state index is 0.0500. The highest BCUT2D eigenvalue weighted by molar-refractivity contribution is 6.06. The van der Waals surface area contributed by atoms with Crippen molar-refractivity contribution in [2.75, 3.05) is 18.5 Å². The van der Waals surface area contributed by atoms with Crippen molar-refractivity contribution in [2.45, 2.75) is 26.3 Å². The van der Waals surface area contributed by atoms with Gasteiger partial charge in [-0.05, 0) is 41.8 Å². The van der Waals surface area contributed by atoms with Gasteiger partial charge < -0.3 is 9.80 Å². The molecule has 0 spiro atoms. The average molecular weight is 401 g/mol. The lowest BCUT2D eigenvalue weighted by Gasteiger charge is -2.24. The summed E-state index contributed by atoms with van der Waals surface area (Å²) in [4.78, 5) is 29.1. The molecule has 0 radical (unpaired) electrons. The highest BCUT2D eigenvalue weighted by atomic mass is 16.2. The number of anilines is 1. The molecule has 0 bridgehead atoms. The summed E-state index contributed by atoms with van der Waals surface area (Å²) in [6, 6.07) is 27.0. The lowest BCUT2D eigenvalue weighted by atomic mass is 10.1. The smallest absolute Gasteiger partial charge is 0.258 e. The normalized spacial score (nSPS) is 10.5. The third kappa shape index (κ3) is 5.57. The molecule has 4 nitrogen and oxygen atoms in total. The Morgan fingerprint density at radius 1 is 0.767 bits per heavy atom. The van der Waals surface area contributed by atoms with Crippen LogP contribution in [-0.4, -0.2) is 30.3 Å². The molecule has 0 fully saturated rings. The zero-order valence-electron chi connectivity index (χ0n) is 17.6. The van der Waals surface area contributed by atoms with E-state index in [1.807, 2.05) is 92.0 Å². The Balaban J connectivity index is 1.82. The van der Waals surface area contributed by atoms with Crippen LogP contribution < -0.4 is 4.90 Å². The summed E-state index contributed by atoms with van der Waals surface area (Å²) in [5.41, 5.74) is 3.46. The van der Waals surface area contributed by atoms with Gasteiger partial charge in [0.05, 0.1) is 13.0 Å². The number of benzene rings is 3. The number of carbonyl (C=O) groups is 2. The molecular weight excluding hydrogens is 372 g/mol. The fraction of sp³-hybridized carbons (Fsp3) is 0.231. The van der Waals surface area contributed by atoms with Gasteiger partial charge in [0.1, 0.15) is 0 Å². The summed E-state index contributed by atoms with van der Waals surface area (Å²) in [5, 5.41) is 0. The van der Waals surface area contributed by atoms with Crippen molar-refractivity contribution >= 4 is 17.5 Å². The van der Waals surface area contributed by atoms with E-state index in [1.165, 1.54) is 0 Å². The fourth-order valence-electron chi connectivity index (χ4n) is 3.35. The van der Waals surface area contributed by atoms with Crippen molar-refractivity contribution in [3.8, 4) is 0 Å². The molecule has 0 aliphatic carbocycles. The Morgan fingerprint density at radius 3 is 1.97 bits per heavy atom. The summed E-state index contributed by atoms with van der Waals surface area (Å²) in [7, 11) is 1.83. The molecule has 3 aromatic rings. The number of nitrogens with zero attached hydrogens (tertiary/aromatic N) is 2. The van der Waals surface area contributed by atoms with Crippen LogP contribution in [0, 0.1) is 0 Å². The topological polar surface area (TPSA) is 40.6 Å². The Bertz CT molecular complexity index is 953. The van der Waals surface area contributed by atoms with E-state index in [0.29, 0.717) is 18.5 Å². The lowest BCUT2D eigenvalue weighted by molar-refractivity contribution is -0.129. The van der Waals surface area contributed by atoms with E-state index in [4.69, 9.17) is 0 Å². The number of amides is 2. The van der Waals surface area contributed by atoms with E-state index in [9.17, 15) is 9.59 Å². The van der Waals surface area contributed by atoms with Gasteiger partial charge in [-0.15, -0.1) is 0 Å². The summed E-state index contributed by atoms with van der Waals surface area (Å²) < 4.78 is 0. The molecule has 0 heterocycles. The third-order valence-electron chi connectivity index (χ3n) is 5.04. The van der Waals surface area contributed by atoms with Crippen LogP contribution in [0.3, 0.4) is 0 Å². The Labute approximate surface area is 178 Å². The van der Waals surface area contributed by atoms with Gasteiger partial charge in [0.15, 0.2) is 0 Å². The zero-order chi connectivity index (χ0) is 21.3. The molecule has 30 heavy (non-hydrogen) atoms. The van der Waals surface area contributed by atoms with Crippen molar-refractivity contribution in [2.24, 2.45) is 0 Å². The van der Waals surface area contributed by atoms with Crippen LogP contribution in [0.2, 0.25) is 0 Å². The van der Waals surface area contributed by atoms with Gasteiger partial charge in [0, 0.05) is 24.8 Å². The van der Waals surface area contributed by atoms with Crippen LogP contribution in [0.4, 0.5) is 5.69 Å². The van der Waals surface area contributed by atoms with Crippen LogP contribution in [0.15, 0.2) is 84.9 Å². The van der Waals surface area contributed by atoms with Gasteiger partial charge >= 0.3 is 0 Å². The average Bonchev–Trinajstić information content (AvgIpc) is 2.79. The molecule has 154 valence electrons. The first-order valence-corrected chi connectivity index (χ1v) is 10.3. The summed E-state index contributed by atoms with van der Waals surface area (Å²) in [6.45, 7) is 3.29. The molecule has 4 heteroatoms. The van der Waals surface area contributed by atoms with E-state index in [-0.39, 0.29) is 11.8 Å². The predicted octanol–water partition coefficient (Wildman–Crippen LogP) is 4.94. The molecule has 2 amide bonds. The van der Waals surface area contributed by atoms with Crippen LogP contribution in [-0.2, 0) is 17.8 Å². The van der Waals surface area contributed by atoms with Gasteiger partial charge in [-0.25, -0.2) is 0 Å². The predicted molar refractivity (Wildman–Crippen MR) is 121 cm³/mol. The summed E-state index contributed by atoms with van der Waals surface area (Å²) in [6.07, 6.45) is 1.30. The van der Waals surface area contributed by atoms with Crippen LogP contribution in [0.25, 0.3) is 0 Å². The Hall–Kier alpha value is -3.40. The molecule has 3 rings (SSSR count). The summed E-state index contributed by atoms with van der Waals surface area (Å²) in [5.74, 6) is 0.0528. The number of hydrogen-bond donors (Lipinski definition) is 0. The second-order valence-corrected chi connectivity index (χ2v) is 7.40. The maximum atomic E-state index is 13.2. The van der Waals surface area contributed by atoms with Crippen LogP contribution in [0.1, 0.15) is 34.8 Å². The highest BCUT2D eigenvalue weighted by Crippen LogP contribution is 2.21. The highest BCUT2D eigenvalue weighted by Gasteiger charge is 2.18. The second-order valence-electron chi connectivity index (χ2n) is 7.40. The minimum Gasteiger partial charge on any atom is -0.345 e. The van der Waals surface area contributed by atoms with Crippen LogP contribution in [0.5, 0.6) is 0 Å². The molecule has 0 aliphatic heterocycles. The van der Waals surface area contributed by atoms with Crippen molar-refractivity contribution in [1.82, 2.24) is 4.90 Å². The minimum atomic E-state index is -0.0500. The molecular formula is C26H28N2O2. The monoisotopic (exact) mass is 400 g/mol. The second kappa shape index (κ2) is 10.4. The SMILES string of the molecule is CCCN(C)C(=O)Cc1ccc(N(Cc2ccccc2)C(=O)c2ccccc2)cc1. The number of rotatable bonds is 8. The quantitative estimate of drug-likeness (QED) is 0.537. The molecule has 3 aromatic carbocycles. The summed E-state index contributed by atoms with van der Waals surface area (Å²) >= 11 is 0. The van der Waals surface area contributed by atoms with Gasteiger partial charge in [-0.3, -0.25) is 9.59 Å². The lowest BCUT2D eigenvalue weighted by Crippen LogP contribution is -2.30. The van der Waals surface area contributed by atoms with Crippen molar-refractivity contribution in [3.63, 3.8) is 0 Å². The number of hydrogen-bond acceptors (Lipinski definition) is 2. The maximum absolute atomic E-state index is 13.2. The number of carbonyl (C=O) groups excluding carboxylic acids is 2. The fourth-order valence-corrected chi connectivity index (χ4v) is 3.35. The Morgan fingerprint density at radius 2 is 1.37 bits per heavy atom. The molecule has 0 saturated heterocycles. The molecule has 0 N–H and O–H groups in total. The first-order chi connectivity index (χ1) is 14.6. The van der Waals surface area contributed by atoms with Crippen LogP contribution >= 0.6 is 0 Å². The molecule has 0 unspecified atom stereocenters. The zero-order valence-corrected chi connectivity index (χ0v) is 17.6. The van der Waals surface area contributed by atoms with Crippen molar-refractivity contribution in [1.29, 1.82) is 0 Å². The van der Waals surface area contributed by atoms with Gasteiger partial charge in [0.25, 0.3) is 5.91 Å². The molecule has 0 aromatic heterocycles. The van der Waals surface area contributed by atoms with E-state index < -0.39 is 0 Å². The standard InChI is InChI=1S/C26H28N2O2/c1-3-18-27(2)25(29)19-21-14-16-24(17-15-21)28(20-22-10-6-4-7-11-22)26(30)23-12-8-5-9-13-23/h4-17H,3,18-20H2,1-2H3. The van der Waals surface area contributed by atoms with E-state index in [2.05, 4.69) is 6.92 Å². The Kier molecular flexibility index (Phi) is 7.39. The van der Waals surface area contributed by atoms with Gasteiger partial charge in [-0.2, -0.15) is 0 Å². The van der Waals surface area contributed by atoms with E-state index in [1.54, 1.807) is 9.80 Å². The van der Waals surface area contributed by atoms with Gasteiger partial charge in [0.2, 0.25) is 5.91 Å². The van der Waals surface area contributed by atoms with E-state index in [0.717, 1.165) is 29.8 Å². The molecule has 0 saturated carbocycles. The first kappa shape index (κ1) is 21.3.